The second-order valence-electron chi connectivity index (χ2n) is 8.05. The third-order valence-corrected chi connectivity index (χ3v) is 5.34. The highest BCUT2D eigenvalue weighted by Gasteiger charge is 2.67. The second-order valence-corrected chi connectivity index (χ2v) is 8.05. The van der Waals surface area contributed by atoms with Crippen molar-refractivity contribution in [3.63, 3.8) is 0 Å². The van der Waals surface area contributed by atoms with Crippen LogP contribution in [0.3, 0.4) is 0 Å². The largest absolute Gasteiger partial charge is 0.466 e. The summed E-state index contributed by atoms with van der Waals surface area (Å²) in [5, 5.41) is 0. The highest BCUT2D eigenvalue weighted by atomic mass is 16.5. The van der Waals surface area contributed by atoms with Crippen molar-refractivity contribution in [2.45, 2.75) is 64.8 Å². The molecule has 18 heavy (non-hydrogen) atoms. The number of hydrogen-bond acceptors (Lipinski definition) is 3. The van der Waals surface area contributed by atoms with Crippen LogP contribution in [-0.2, 0) is 9.53 Å². The van der Waals surface area contributed by atoms with Gasteiger partial charge >= 0.3 is 5.97 Å². The van der Waals surface area contributed by atoms with Gasteiger partial charge < -0.3 is 10.5 Å². The Morgan fingerprint density at radius 1 is 1.06 bits per heavy atom. The molecular formula is C15H25NO2. The molecule has 0 amide bonds. The fourth-order valence-corrected chi connectivity index (χ4v) is 6.29. The molecule has 3 nitrogen and oxygen atoms in total. The lowest BCUT2D eigenvalue weighted by molar-refractivity contribution is -0.194. The van der Waals surface area contributed by atoms with Gasteiger partial charge in [-0.15, -0.1) is 0 Å². The Balaban J connectivity index is 2.00. The van der Waals surface area contributed by atoms with Crippen LogP contribution in [-0.4, -0.2) is 18.1 Å². The molecule has 0 spiro atoms. The number of carbonyl (C=O) groups is 1. The first-order valence-corrected chi connectivity index (χ1v) is 7.19. The lowest BCUT2D eigenvalue weighted by Gasteiger charge is -2.67. The average Bonchev–Trinajstić information content (AvgIpc) is 2.09. The summed E-state index contributed by atoms with van der Waals surface area (Å²) in [6.45, 7) is 7.00. The number of ether oxygens (including phenoxy) is 1. The van der Waals surface area contributed by atoms with E-state index < -0.39 is 0 Å². The zero-order valence-corrected chi connectivity index (χ0v) is 11.8. The van der Waals surface area contributed by atoms with Gasteiger partial charge in [-0.25, -0.2) is 0 Å². The average molecular weight is 251 g/mol. The van der Waals surface area contributed by atoms with Gasteiger partial charge in [-0.05, 0) is 56.3 Å². The van der Waals surface area contributed by atoms with Crippen molar-refractivity contribution in [1.29, 1.82) is 0 Å². The molecule has 4 fully saturated rings. The summed E-state index contributed by atoms with van der Waals surface area (Å²) in [5.41, 5.74) is 6.66. The van der Waals surface area contributed by atoms with Gasteiger partial charge in [-0.3, -0.25) is 4.79 Å². The standard InChI is InChI=1S/C15H25NO2/c1-4-18-11(17)14-6-12(2)5-13(3,7-14)9-15(16,8-12)10-14/h4-10,16H2,1-3H3. The lowest BCUT2D eigenvalue weighted by atomic mass is 9.38. The number of esters is 1. The van der Waals surface area contributed by atoms with Gasteiger partial charge in [0.15, 0.2) is 0 Å². The Morgan fingerprint density at radius 3 is 2.06 bits per heavy atom. The first-order valence-electron chi connectivity index (χ1n) is 7.19. The topological polar surface area (TPSA) is 52.3 Å². The van der Waals surface area contributed by atoms with Crippen molar-refractivity contribution < 1.29 is 9.53 Å². The van der Waals surface area contributed by atoms with E-state index in [0.717, 1.165) is 32.1 Å². The monoisotopic (exact) mass is 251 g/mol. The molecule has 0 heterocycles. The van der Waals surface area contributed by atoms with E-state index in [9.17, 15) is 4.79 Å². The summed E-state index contributed by atoms with van der Waals surface area (Å²) < 4.78 is 5.37. The van der Waals surface area contributed by atoms with Crippen LogP contribution in [0.4, 0.5) is 0 Å². The zero-order valence-electron chi connectivity index (χ0n) is 11.8. The van der Waals surface area contributed by atoms with Crippen LogP contribution in [0.25, 0.3) is 0 Å². The summed E-state index contributed by atoms with van der Waals surface area (Å²) in [7, 11) is 0. The first-order chi connectivity index (χ1) is 8.22. The Kier molecular flexibility index (Phi) is 2.28. The summed E-state index contributed by atoms with van der Waals surface area (Å²) in [5.74, 6) is 0.0105. The molecule has 2 N–H and O–H groups in total. The van der Waals surface area contributed by atoms with Gasteiger partial charge in [0.2, 0.25) is 0 Å². The van der Waals surface area contributed by atoms with Crippen LogP contribution in [0.5, 0.6) is 0 Å². The second kappa shape index (κ2) is 3.30. The van der Waals surface area contributed by atoms with Crippen molar-refractivity contribution >= 4 is 5.97 Å². The Labute approximate surface area is 109 Å². The first kappa shape index (κ1) is 12.5. The van der Waals surface area contributed by atoms with E-state index in [2.05, 4.69) is 13.8 Å². The summed E-state index contributed by atoms with van der Waals surface area (Å²) in [6, 6.07) is 0. The maximum atomic E-state index is 12.4. The normalized spacial score (nSPS) is 53.6. The molecule has 0 radical (unpaired) electrons. The third kappa shape index (κ3) is 1.63. The lowest BCUT2D eigenvalue weighted by Crippen LogP contribution is -2.67. The maximum absolute atomic E-state index is 12.4. The van der Waals surface area contributed by atoms with Crippen LogP contribution >= 0.6 is 0 Å². The third-order valence-electron chi connectivity index (χ3n) is 5.34. The number of carbonyl (C=O) groups excluding carboxylic acids is 1. The van der Waals surface area contributed by atoms with E-state index in [1.807, 2.05) is 6.92 Å². The minimum absolute atomic E-state index is 0.0105. The molecule has 3 heteroatoms. The molecular weight excluding hydrogens is 226 g/mol. The van der Waals surface area contributed by atoms with Crippen molar-refractivity contribution in [2.24, 2.45) is 22.0 Å². The highest BCUT2D eigenvalue weighted by molar-refractivity contribution is 5.78. The molecule has 4 saturated carbocycles. The van der Waals surface area contributed by atoms with Crippen LogP contribution in [0.15, 0.2) is 0 Å². The van der Waals surface area contributed by atoms with Crippen LogP contribution in [0.1, 0.15) is 59.3 Å². The van der Waals surface area contributed by atoms with Gasteiger partial charge in [0, 0.05) is 5.54 Å². The summed E-state index contributed by atoms with van der Waals surface area (Å²) >= 11 is 0. The van der Waals surface area contributed by atoms with Crippen molar-refractivity contribution in [3.05, 3.63) is 0 Å². The molecule has 0 aromatic carbocycles. The molecule has 4 bridgehead atoms. The van der Waals surface area contributed by atoms with E-state index >= 15 is 0 Å². The van der Waals surface area contributed by atoms with Gasteiger partial charge in [-0.2, -0.15) is 0 Å². The van der Waals surface area contributed by atoms with Crippen LogP contribution in [0, 0.1) is 16.2 Å². The minimum Gasteiger partial charge on any atom is -0.466 e. The molecule has 2 unspecified atom stereocenters. The molecule has 4 rings (SSSR count). The molecule has 2 atom stereocenters. The Hall–Kier alpha value is -0.570. The van der Waals surface area contributed by atoms with E-state index in [-0.39, 0.29) is 27.8 Å². The molecule has 4 aliphatic carbocycles. The fraction of sp³-hybridized carbons (Fsp3) is 0.933. The number of nitrogens with two attached hydrogens (primary N) is 1. The van der Waals surface area contributed by atoms with Crippen LogP contribution < -0.4 is 5.73 Å². The van der Waals surface area contributed by atoms with Crippen molar-refractivity contribution in [1.82, 2.24) is 0 Å². The molecule has 102 valence electrons. The predicted molar refractivity (Wildman–Crippen MR) is 69.9 cm³/mol. The molecule has 4 aliphatic rings. The molecule has 0 aromatic heterocycles. The summed E-state index contributed by atoms with van der Waals surface area (Å²) in [4.78, 5) is 12.4. The van der Waals surface area contributed by atoms with E-state index in [1.165, 1.54) is 6.42 Å². The smallest absolute Gasteiger partial charge is 0.312 e. The Bertz CT molecular complexity index is 350. The van der Waals surface area contributed by atoms with Crippen molar-refractivity contribution in [3.8, 4) is 0 Å². The highest BCUT2D eigenvalue weighted by Crippen LogP contribution is 2.70. The minimum atomic E-state index is -0.289. The maximum Gasteiger partial charge on any atom is 0.312 e. The quantitative estimate of drug-likeness (QED) is 0.768. The Morgan fingerprint density at radius 2 is 1.61 bits per heavy atom. The SMILES string of the molecule is CCOC(=O)C12CC3(C)CC(C)(CC(N)(C3)C1)C2. The van der Waals surface area contributed by atoms with Gasteiger partial charge in [-0.1, -0.05) is 13.8 Å². The number of hydrogen-bond donors (Lipinski definition) is 1. The van der Waals surface area contributed by atoms with Crippen LogP contribution in [0.2, 0.25) is 0 Å². The number of rotatable bonds is 2. The van der Waals surface area contributed by atoms with Crippen molar-refractivity contribution in [2.75, 3.05) is 6.61 Å². The molecule has 0 aliphatic heterocycles. The molecule has 0 aromatic rings. The van der Waals surface area contributed by atoms with Gasteiger partial charge in [0.25, 0.3) is 0 Å². The van der Waals surface area contributed by atoms with E-state index in [0.29, 0.717) is 6.61 Å². The zero-order chi connectivity index (χ0) is 13.2. The van der Waals surface area contributed by atoms with E-state index in [4.69, 9.17) is 10.5 Å². The predicted octanol–water partition coefficient (Wildman–Crippen LogP) is 2.63. The molecule has 0 saturated heterocycles. The fourth-order valence-electron chi connectivity index (χ4n) is 6.29. The van der Waals surface area contributed by atoms with Gasteiger partial charge in [0.05, 0.1) is 12.0 Å². The van der Waals surface area contributed by atoms with E-state index in [1.54, 1.807) is 0 Å². The summed E-state index contributed by atoms with van der Waals surface area (Å²) in [6.07, 6.45) is 6.18. The van der Waals surface area contributed by atoms with Gasteiger partial charge in [0.1, 0.15) is 0 Å².